The van der Waals surface area contributed by atoms with E-state index < -0.39 is 42.3 Å². The minimum atomic E-state index is -2.27. The molecule has 18 nitrogen and oxygen atoms in total. The van der Waals surface area contributed by atoms with Crippen LogP contribution >= 0.6 is 0 Å². The molecule has 0 saturated carbocycles. The Morgan fingerprint density at radius 1 is 0.480 bits per heavy atom. The summed E-state index contributed by atoms with van der Waals surface area (Å²) in [5.41, 5.74) is -0.0270. The molecule has 13 aliphatic heterocycles. The number of rotatable bonds is 16. The maximum absolute atomic E-state index is 14.8. The molecule has 554 valence electrons. The van der Waals surface area contributed by atoms with Gasteiger partial charge in [0.2, 0.25) is 0 Å². The smallest absolute Gasteiger partial charge is 0.192 e. The second kappa shape index (κ2) is 28.9. The van der Waals surface area contributed by atoms with Crippen molar-refractivity contribution < 1.29 is 84.4 Å². The second-order valence-corrected chi connectivity index (χ2v) is 50.3. The van der Waals surface area contributed by atoms with Crippen LogP contribution in [0.1, 0.15) is 204 Å². The predicted molar refractivity (Wildman–Crippen MR) is 378 cm³/mol. The van der Waals surface area contributed by atoms with Gasteiger partial charge in [0.05, 0.1) is 170 Å². The van der Waals surface area contributed by atoms with Crippen LogP contribution in [0.2, 0.25) is 54.4 Å². The van der Waals surface area contributed by atoms with Gasteiger partial charge in [0.25, 0.3) is 0 Å². The van der Waals surface area contributed by atoms with Crippen LogP contribution in [0.3, 0.4) is 0 Å². The molecule has 29 atom stereocenters. The van der Waals surface area contributed by atoms with E-state index >= 15 is 0 Å². The molecule has 0 amide bonds. The van der Waals surface area contributed by atoms with Crippen molar-refractivity contribution in [2.75, 3.05) is 6.61 Å². The molecular formula is C77H126O18Si3. The third-order valence-electron chi connectivity index (χ3n) is 27.4. The number of hydrogen-bond acceptors (Lipinski definition) is 18. The molecule has 1 aromatic rings. The zero-order valence-electron chi connectivity index (χ0n) is 62.6. The molecule has 98 heavy (non-hydrogen) atoms. The molecule has 13 heterocycles. The van der Waals surface area contributed by atoms with Gasteiger partial charge in [-0.15, -0.1) is 0 Å². The summed E-state index contributed by atoms with van der Waals surface area (Å²) in [5, 5.41) is 0.107. The van der Waals surface area contributed by atoms with E-state index in [2.05, 4.69) is 121 Å². The Labute approximate surface area is 590 Å². The molecule has 13 aliphatic rings. The third-order valence-corrected chi connectivity index (χ3v) is 41.1. The van der Waals surface area contributed by atoms with Gasteiger partial charge in [-0.05, 0) is 119 Å². The fourth-order valence-corrected chi connectivity index (χ4v) is 24.9. The van der Waals surface area contributed by atoms with E-state index in [1.54, 1.807) is 0 Å². The normalized spacial score (nSPS) is 46.0. The van der Waals surface area contributed by atoms with E-state index in [0.29, 0.717) is 51.7 Å². The maximum Gasteiger partial charge on any atom is 0.192 e. The summed E-state index contributed by atoms with van der Waals surface area (Å²) in [6.45, 7) is 37.8. The molecule has 1 aromatic carbocycles. The van der Waals surface area contributed by atoms with Crippen LogP contribution in [-0.4, -0.2) is 213 Å². The van der Waals surface area contributed by atoms with Gasteiger partial charge in [0.15, 0.2) is 30.7 Å². The zero-order chi connectivity index (χ0) is 69.1. The fraction of sp³-hybridized carbons (Fsp3) is 0.909. The average Bonchev–Trinajstić information content (AvgIpc) is 1.40. The quantitative estimate of drug-likeness (QED) is 0.113. The lowest BCUT2D eigenvalue weighted by atomic mass is 9.80. The molecule has 0 bridgehead atoms. The van der Waals surface area contributed by atoms with E-state index in [1.807, 2.05) is 18.2 Å². The fourth-order valence-electron chi connectivity index (χ4n) is 19.3. The molecule has 0 spiro atoms. The topological polar surface area (TPSA) is 174 Å². The largest absolute Gasteiger partial charge is 0.411 e. The molecular weight excluding hydrogens is 1300 g/mol. The highest BCUT2D eigenvalue weighted by molar-refractivity contribution is 6.74. The van der Waals surface area contributed by atoms with E-state index in [0.717, 1.165) is 95.2 Å². The van der Waals surface area contributed by atoms with Gasteiger partial charge in [-0.1, -0.05) is 92.6 Å². The van der Waals surface area contributed by atoms with E-state index in [9.17, 15) is 4.79 Å². The molecule has 0 aromatic heterocycles. The lowest BCUT2D eigenvalue weighted by Gasteiger charge is -2.56. The van der Waals surface area contributed by atoms with Gasteiger partial charge in [-0.2, -0.15) is 0 Å². The molecule has 0 unspecified atom stereocenters. The number of hydrogen-bond donors (Lipinski definition) is 0. The number of carbonyl (C=O) groups is 1. The maximum atomic E-state index is 14.8. The van der Waals surface area contributed by atoms with Crippen LogP contribution in [0.25, 0.3) is 0 Å². The van der Waals surface area contributed by atoms with Crippen LogP contribution in [0.5, 0.6) is 0 Å². The summed E-state index contributed by atoms with van der Waals surface area (Å²) in [4.78, 5) is 14.8. The monoisotopic (exact) mass is 1420 g/mol. The Bertz CT molecular complexity index is 2850. The summed E-state index contributed by atoms with van der Waals surface area (Å²) in [7, 11) is -6.49. The first-order valence-electron chi connectivity index (χ1n) is 39.2. The van der Waals surface area contributed by atoms with Crippen molar-refractivity contribution in [3.63, 3.8) is 0 Å². The van der Waals surface area contributed by atoms with E-state index in [4.69, 9.17) is 79.6 Å². The number of fused-ring (bicyclic) bond motifs is 11. The van der Waals surface area contributed by atoms with Crippen molar-refractivity contribution >= 4 is 30.7 Å². The molecule has 14 rings (SSSR count). The van der Waals surface area contributed by atoms with Crippen molar-refractivity contribution in [2.45, 2.75) is 436 Å². The Morgan fingerprint density at radius 2 is 0.969 bits per heavy atom. The van der Waals surface area contributed by atoms with Crippen LogP contribution in [-0.2, 0) is 91.0 Å². The molecule has 13 fully saturated rings. The molecule has 13 saturated heterocycles. The number of benzene rings is 1. The summed E-state index contributed by atoms with van der Waals surface area (Å²) in [6, 6.07) is 13.3. The number of carbonyl (C=O) groups excluding carboxylic acids is 1. The Balaban J connectivity index is 0.621. The van der Waals surface area contributed by atoms with Gasteiger partial charge in [0.1, 0.15) is 12.2 Å². The van der Waals surface area contributed by atoms with Gasteiger partial charge < -0.3 is 79.6 Å². The second-order valence-electron chi connectivity index (χ2n) is 36.1. The highest BCUT2D eigenvalue weighted by Gasteiger charge is 2.62. The number of ketones is 1. The minimum Gasteiger partial charge on any atom is -0.411 e. The highest BCUT2D eigenvalue weighted by Crippen LogP contribution is 2.53. The number of ether oxygens (including phenoxy) is 14. The van der Waals surface area contributed by atoms with Crippen LogP contribution in [0.4, 0.5) is 0 Å². The molecule has 21 heteroatoms. The van der Waals surface area contributed by atoms with Crippen molar-refractivity contribution in [3.8, 4) is 0 Å². The molecule has 0 N–H and O–H groups in total. The first-order valence-corrected chi connectivity index (χ1v) is 47.6. The first kappa shape index (κ1) is 73.7. The zero-order valence-corrected chi connectivity index (χ0v) is 65.6. The van der Waals surface area contributed by atoms with Crippen LogP contribution < -0.4 is 0 Å². The van der Waals surface area contributed by atoms with Crippen molar-refractivity contribution in [3.05, 3.63) is 35.9 Å². The minimum absolute atomic E-state index is 0.00951. The van der Waals surface area contributed by atoms with Crippen LogP contribution in [0.15, 0.2) is 30.3 Å². The van der Waals surface area contributed by atoms with Gasteiger partial charge in [0, 0.05) is 83.7 Å². The van der Waals surface area contributed by atoms with E-state index in [1.165, 1.54) is 5.56 Å². The summed E-state index contributed by atoms with van der Waals surface area (Å²) >= 11 is 0. The third kappa shape index (κ3) is 15.2. The first-order chi connectivity index (χ1) is 46.5. The van der Waals surface area contributed by atoms with Gasteiger partial charge >= 0.3 is 0 Å². The van der Waals surface area contributed by atoms with Crippen molar-refractivity contribution in [2.24, 2.45) is 0 Å². The lowest BCUT2D eigenvalue weighted by Crippen LogP contribution is -2.65. The molecule has 0 radical (unpaired) electrons. The van der Waals surface area contributed by atoms with Gasteiger partial charge in [-0.3, -0.25) is 4.79 Å². The lowest BCUT2D eigenvalue weighted by molar-refractivity contribution is -0.326. The Morgan fingerprint density at radius 3 is 1.60 bits per heavy atom. The highest BCUT2D eigenvalue weighted by atomic mass is 28.4. The van der Waals surface area contributed by atoms with Crippen LogP contribution in [0, 0.1) is 0 Å². The summed E-state index contributed by atoms with van der Waals surface area (Å²) in [6.07, 6.45) is 8.32. The van der Waals surface area contributed by atoms with Crippen molar-refractivity contribution in [1.82, 2.24) is 0 Å². The van der Waals surface area contributed by atoms with Crippen molar-refractivity contribution in [1.29, 1.82) is 0 Å². The summed E-state index contributed by atoms with van der Waals surface area (Å²) < 4.78 is 122. The van der Waals surface area contributed by atoms with Gasteiger partial charge in [-0.25, -0.2) is 0 Å². The van der Waals surface area contributed by atoms with E-state index in [-0.39, 0.29) is 175 Å². The standard InChI is InChI=1S/C77H126O18Si3/c1-17-98(18-2,19-3)95-70-43-77(12)72(89-64(70)35-53-48(78)25-26-49-55(84-53)40-67-73(90-49)68(94-97(15,16)75(8,9)10)41-57-54(86-67)33-47(81-57)31-32-79-44-46-23-21-20-22-24-46)30-28-51-66(92-77)39-62-59(83-51)36-61-60(85-62)37-63-69(87-61)42-76(11)71(88-63)29-27-50-65(91-76)38-56-58(82-50)34-52(45(4)80-56)93-96(13,14)74(5,6)7/h20-24,45,47,49-73H,17-19,25-44H2,1-16H3/t45-,47+,49-,50+,51+,52+,53-,54+,55+,56+,57-,58-,59-,60-,61+,62+,63+,64+,65-,66-,67-,68+,69-,70-,71-,72-,73-,76+,77+/m1/s1. The molecule has 0 aliphatic carbocycles. The summed E-state index contributed by atoms with van der Waals surface area (Å²) in [5.74, 6) is 0.100. The average molecular weight is 1420 g/mol. The Kier molecular flexibility index (Phi) is 21.7. The Hall–Kier alpha value is -1.14. The SMILES string of the molecule is CC[Si](CC)(CC)O[C@@H]1C[C@]2(C)O[C@@H]3C[C@@H]4O[C@@H]5C[C@@H]6O[C@@H]7CC[C@@H]8O[C@@H]9C[C@H](O[Si](C)(C)C(C)(C)C)[C@@H](C)O[C@H]9C[C@H]8O[C@@]7(C)C[C@H]6O[C@H]5C[C@H]4O[C@H]3CC[C@H]2O[C@H]1C[C@H]1O[C@H]2C[C@H]3O[C@H]4C[C@H](CCOCc5ccccc5)O[C@@H]4C[C@H](O[Si](C)(C)C(C)(C)C)[C@@H]3O[C@@H]2CCC1=O. The number of Topliss-reactive ketones (excluding diaryl/α,β-unsaturated/α-hetero) is 1. The predicted octanol–water partition coefficient (Wildman–Crippen LogP) is 13.7.